The van der Waals surface area contributed by atoms with E-state index in [1.54, 1.807) is 0 Å². The summed E-state index contributed by atoms with van der Waals surface area (Å²) in [6.45, 7) is 2.96. The smallest absolute Gasteiger partial charge is 0.230 e. The van der Waals surface area contributed by atoms with Crippen LogP contribution in [0.3, 0.4) is 0 Å². The van der Waals surface area contributed by atoms with Gasteiger partial charge in [-0.3, -0.25) is 4.79 Å². The lowest BCUT2D eigenvalue weighted by molar-refractivity contribution is -0.126. The molecule has 1 unspecified atom stereocenters. The van der Waals surface area contributed by atoms with Crippen molar-refractivity contribution < 1.29 is 4.79 Å². The van der Waals surface area contributed by atoms with E-state index < -0.39 is 0 Å². The Morgan fingerprint density at radius 2 is 2.09 bits per heavy atom. The van der Waals surface area contributed by atoms with Crippen molar-refractivity contribution in [1.82, 2.24) is 10.6 Å². The number of nitrogens with one attached hydrogen (secondary N) is 2. The maximum atomic E-state index is 13.0. The molecule has 1 aliphatic carbocycles. The van der Waals surface area contributed by atoms with Crippen LogP contribution in [0.15, 0.2) is 28.7 Å². The second kappa shape index (κ2) is 8.50. The SMILES string of the molecule is Cl.O=C(NCC1CCCNC1)C1(c2cccc(Br)c2)CCCC1. The molecule has 0 radical (unpaired) electrons. The summed E-state index contributed by atoms with van der Waals surface area (Å²) in [5.41, 5.74) is 0.852. The van der Waals surface area contributed by atoms with Crippen molar-refractivity contribution in [1.29, 1.82) is 0 Å². The Balaban J connectivity index is 0.00000192. The van der Waals surface area contributed by atoms with Crippen molar-refractivity contribution in [2.45, 2.75) is 43.9 Å². The highest BCUT2D eigenvalue weighted by molar-refractivity contribution is 9.10. The lowest BCUT2D eigenvalue weighted by Crippen LogP contribution is -2.46. The van der Waals surface area contributed by atoms with Crippen LogP contribution in [0.5, 0.6) is 0 Å². The first kappa shape index (κ1) is 18.8. The lowest BCUT2D eigenvalue weighted by Gasteiger charge is -2.30. The fourth-order valence-corrected chi connectivity index (χ4v) is 4.32. The number of piperidine rings is 1. The zero-order valence-electron chi connectivity index (χ0n) is 13.4. The van der Waals surface area contributed by atoms with E-state index >= 15 is 0 Å². The molecule has 2 aliphatic rings. The normalized spacial score (nSPS) is 23.1. The van der Waals surface area contributed by atoms with E-state index in [0.29, 0.717) is 5.92 Å². The van der Waals surface area contributed by atoms with Crippen molar-refractivity contribution in [2.24, 2.45) is 5.92 Å². The van der Waals surface area contributed by atoms with E-state index in [0.717, 1.165) is 49.8 Å². The fourth-order valence-electron chi connectivity index (χ4n) is 3.92. The first-order chi connectivity index (χ1) is 10.7. The number of benzene rings is 1. The minimum absolute atomic E-state index is 0. The molecule has 2 N–H and O–H groups in total. The van der Waals surface area contributed by atoms with Crippen molar-refractivity contribution in [3.63, 3.8) is 0 Å². The number of amides is 1. The Morgan fingerprint density at radius 3 is 2.74 bits per heavy atom. The fraction of sp³-hybridized carbons (Fsp3) is 0.611. The third kappa shape index (κ3) is 4.28. The van der Waals surface area contributed by atoms with Gasteiger partial charge in [-0.05, 0) is 62.4 Å². The maximum absolute atomic E-state index is 13.0. The third-order valence-corrected chi connectivity index (χ3v) is 5.71. The summed E-state index contributed by atoms with van der Waals surface area (Å²) >= 11 is 3.54. The van der Waals surface area contributed by atoms with Crippen LogP contribution in [0.1, 0.15) is 44.1 Å². The van der Waals surface area contributed by atoms with Gasteiger partial charge in [0.15, 0.2) is 0 Å². The summed E-state index contributed by atoms with van der Waals surface area (Å²) in [4.78, 5) is 13.0. The van der Waals surface area contributed by atoms with Gasteiger partial charge in [0.1, 0.15) is 0 Å². The Bertz CT molecular complexity index is 526. The molecule has 1 aromatic rings. The summed E-state index contributed by atoms with van der Waals surface area (Å²) in [5, 5.41) is 6.68. The van der Waals surface area contributed by atoms with Crippen LogP contribution in [0.25, 0.3) is 0 Å². The molecule has 2 fully saturated rings. The highest BCUT2D eigenvalue weighted by Crippen LogP contribution is 2.42. The Hall–Kier alpha value is -0.580. The minimum atomic E-state index is -0.314. The topological polar surface area (TPSA) is 41.1 Å². The lowest BCUT2D eigenvalue weighted by atomic mass is 9.78. The zero-order chi connectivity index (χ0) is 15.4. The molecule has 1 saturated heterocycles. The average molecular weight is 402 g/mol. The van der Waals surface area contributed by atoms with Gasteiger partial charge in [-0.15, -0.1) is 12.4 Å². The van der Waals surface area contributed by atoms with Crippen LogP contribution in [0.4, 0.5) is 0 Å². The predicted molar refractivity (Wildman–Crippen MR) is 100 cm³/mol. The number of carbonyl (C=O) groups excluding carboxylic acids is 1. The molecular formula is C18H26BrClN2O. The highest BCUT2D eigenvalue weighted by atomic mass is 79.9. The Labute approximate surface area is 153 Å². The summed E-state index contributed by atoms with van der Waals surface area (Å²) in [6, 6.07) is 8.29. The van der Waals surface area contributed by atoms with E-state index in [1.807, 2.05) is 12.1 Å². The predicted octanol–water partition coefficient (Wildman–Crippen LogP) is 3.80. The van der Waals surface area contributed by atoms with Crippen molar-refractivity contribution in [3.05, 3.63) is 34.3 Å². The highest BCUT2D eigenvalue weighted by Gasteiger charge is 2.42. The molecule has 1 saturated carbocycles. The molecule has 1 aliphatic heterocycles. The van der Waals surface area contributed by atoms with Gasteiger partial charge in [0, 0.05) is 11.0 Å². The Morgan fingerprint density at radius 1 is 1.30 bits per heavy atom. The molecule has 1 aromatic carbocycles. The number of carbonyl (C=O) groups is 1. The van der Waals surface area contributed by atoms with Gasteiger partial charge in [-0.25, -0.2) is 0 Å². The van der Waals surface area contributed by atoms with E-state index in [4.69, 9.17) is 0 Å². The van der Waals surface area contributed by atoms with Crippen LogP contribution in [-0.4, -0.2) is 25.5 Å². The third-order valence-electron chi connectivity index (χ3n) is 5.22. The molecule has 1 amide bonds. The standard InChI is InChI=1S/C18H25BrN2O.ClH/c19-16-7-3-6-15(11-16)18(8-1-2-9-18)17(22)21-13-14-5-4-10-20-12-14;/h3,6-7,11,14,20H,1-2,4-5,8-10,12-13H2,(H,21,22);1H. The monoisotopic (exact) mass is 400 g/mol. The van der Waals surface area contributed by atoms with Gasteiger partial charge >= 0.3 is 0 Å². The van der Waals surface area contributed by atoms with E-state index in [9.17, 15) is 4.79 Å². The molecule has 3 nitrogen and oxygen atoms in total. The minimum Gasteiger partial charge on any atom is -0.355 e. The molecular weight excluding hydrogens is 376 g/mol. The van der Waals surface area contributed by atoms with E-state index in [-0.39, 0.29) is 23.7 Å². The van der Waals surface area contributed by atoms with Crippen LogP contribution >= 0.6 is 28.3 Å². The van der Waals surface area contributed by atoms with Gasteiger partial charge in [0.25, 0.3) is 0 Å². The zero-order valence-corrected chi connectivity index (χ0v) is 15.8. The summed E-state index contributed by atoms with van der Waals surface area (Å²) in [6.07, 6.45) is 6.67. The van der Waals surface area contributed by atoms with Gasteiger partial charge in [-0.1, -0.05) is 40.9 Å². The molecule has 23 heavy (non-hydrogen) atoms. The number of rotatable bonds is 4. The van der Waals surface area contributed by atoms with Gasteiger partial charge in [0.05, 0.1) is 5.41 Å². The van der Waals surface area contributed by atoms with Gasteiger partial charge < -0.3 is 10.6 Å². The molecule has 128 valence electrons. The van der Waals surface area contributed by atoms with E-state index in [1.165, 1.54) is 18.4 Å². The van der Waals surface area contributed by atoms with Crippen molar-refractivity contribution in [2.75, 3.05) is 19.6 Å². The molecule has 0 aromatic heterocycles. The molecule has 1 atom stereocenters. The Kier molecular flexibility index (Phi) is 6.93. The summed E-state index contributed by atoms with van der Waals surface area (Å²) in [5.74, 6) is 0.812. The summed E-state index contributed by atoms with van der Waals surface area (Å²) < 4.78 is 1.06. The molecule has 1 heterocycles. The van der Waals surface area contributed by atoms with Gasteiger partial charge in [0.2, 0.25) is 5.91 Å². The summed E-state index contributed by atoms with van der Waals surface area (Å²) in [7, 11) is 0. The second-order valence-corrected chi connectivity index (χ2v) is 7.64. The van der Waals surface area contributed by atoms with Crippen LogP contribution in [0.2, 0.25) is 0 Å². The molecule has 5 heteroatoms. The molecule has 3 rings (SSSR count). The largest absolute Gasteiger partial charge is 0.355 e. The first-order valence-corrected chi connectivity index (χ1v) is 9.25. The van der Waals surface area contributed by atoms with Crippen LogP contribution < -0.4 is 10.6 Å². The molecule has 0 bridgehead atoms. The molecule has 0 spiro atoms. The van der Waals surface area contributed by atoms with E-state index in [2.05, 4.69) is 38.7 Å². The van der Waals surface area contributed by atoms with Crippen molar-refractivity contribution >= 4 is 34.2 Å². The number of hydrogen-bond acceptors (Lipinski definition) is 2. The maximum Gasteiger partial charge on any atom is 0.230 e. The second-order valence-electron chi connectivity index (χ2n) is 6.72. The average Bonchev–Trinajstić information content (AvgIpc) is 3.05. The quantitative estimate of drug-likeness (QED) is 0.806. The number of halogens is 2. The van der Waals surface area contributed by atoms with Gasteiger partial charge in [-0.2, -0.15) is 0 Å². The number of hydrogen-bond donors (Lipinski definition) is 2. The first-order valence-electron chi connectivity index (χ1n) is 8.46. The van der Waals surface area contributed by atoms with Crippen LogP contribution in [0, 0.1) is 5.92 Å². The van der Waals surface area contributed by atoms with Crippen LogP contribution in [-0.2, 0) is 10.2 Å². The van der Waals surface area contributed by atoms with Crippen molar-refractivity contribution in [3.8, 4) is 0 Å².